The standard InChI is InChI=1S/C23H30N2O4/c1-23(2,3)11-12-25-14-16(13-19(25)22(28)29-4)24-21(27)18-10-9-15-7-5-6-8-17(15)20(18)26/h5-10,16,19,26H,11-14H2,1-4H3,(H,24,27)/t16-,19?/m0/s1. The Hall–Kier alpha value is -2.60. The average Bonchev–Trinajstić information content (AvgIpc) is 3.08. The van der Waals surface area contributed by atoms with Crippen LogP contribution in [-0.4, -0.2) is 54.2 Å². The van der Waals surface area contributed by atoms with E-state index in [1.165, 1.54) is 7.11 Å². The van der Waals surface area contributed by atoms with Crippen molar-refractivity contribution >= 4 is 22.6 Å². The van der Waals surface area contributed by atoms with E-state index in [0.29, 0.717) is 18.4 Å². The Bertz CT molecular complexity index is 903. The number of phenolic OH excluding ortho intramolecular Hbond substituents is 1. The number of ether oxygens (including phenoxy) is 1. The predicted molar refractivity (Wildman–Crippen MR) is 113 cm³/mol. The lowest BCUT2D eigenvalue weighted by molar-refractivity contribution is -0.145. The summed E-state index contributed by atoms with van der Waals surface area (Å²) in [5.41, 5.74) is 0.394. The number of carbonyl (C=O) groups is 2. The number of carbonyl (C=O) groups excluding carboxylic acids is 2. The number of esters is 1. The molecule has 1 amide bonds. The fourth-order valence-electron chi connectivity index (χ4n) is 3.82. The summed E-state index contributed by atoms with van der Waals surface area (Å²) in [5.74, 6) is -0.628. The molecule has 29 heavy (non-hydrogen) atoms. The van der Waals surface area contributed by atoms with Crippen molar-refractivity contribution in [1.82, 2.24) is 10.2 Å². The number of hydrogen-bond acceptors (Lipinski definition) is 5. The Morgan fingerprint density at radius 1 is 1.21 bits per heavy atom. The molecule has 1 heterocycles. The smallest absolute Gasteiger partial charge is 0.323 e. The summed E-state index contributed by atoms with van der Waals surface area (Å²) in [7, 11) is 1.39. The molecule has 0 bridgehead atoms. The first-order valence-electron chi connectivity index (χ1n) is 10.0. The lowest BCUT2D eigenvalue weighted by Gasteiger charge is -2.26. The molecule has 1 aliphatic heterocycles. The Balaban J connectivity index is 1.73. The summed E-state index contributed by atoms with van der Waals surface area (Å²) in [5, 5.41) is 15.1. The van der Waals surface area contributed by atoms with E-state index < -0.39 is 0 Å². The van der Waals surface area contributed by atoms with Crippen LogP contribution >= 0.6 is 0 Å². The third-order valence-corrected chi connectivity index (χ3v) is 5.51. The Kier molecular flexibility index (Phi) is 6.13. The van der Waals surface area contributed by atoms with Crippen LogP contribution in [0.1, 0.15) is 44.0 Å². The molecule has 6 heteroatoms. The lowest BCUT2D eigenvalue weighted by atomic mass is 9.92. The molecule has 6 nitrogen and oxygen atoms in total. The van der Waals surface area contributed by atoms with Crippen molar-refractivity contribution in [2.75, 3.05) is 20.2 Å². The number of phenols is 1. The van der Waals surface area contributed by atoms with Crippen LogP contribution in [0.5, 0.6) is 5.75 Å². The first-order chi connectivity index (χ1) is 13.7. The summed E-state index contributed by atoms with van der Waals surface area (Å²) in [6.45, 7) is 7.83. The van der Waals surface area contributed by atoms with Crippen LogP contribution < -0.4 is 5.32 Å². The van der Waals surface area contributed by atoms with Gasteiger partial charge in [0, 0.05) is 18.0 Å². The molecule has 2 aromatic carbocycles. The van der Waals surface area contributed by atoms with E-state index in [-0.39, 0.29) is 40.7 Å². The highest BCUT2D eigenvalue weighted by Gasteiger charge is 2.38. The first kappa shape index (κ1) is 21.1. The minimum atomic E-state index is -0.363. The van der Waals surface area contributed by atoms with Crippen LogP contribution in [0.3, 0.4) is 0 Å². The van der Waals surface area contributed by atoms with Gasteiger partial charge in [0.15, 0.2) is 0 Å². The van der Waals surface area contributed by atoms with Gasteiger partial charge in [-0.3, -0.25) is 14.5 Å². The molecule has 2 atom stereocenters. The monoisotopic (exact) mass is 398 g/mol. The molecule has 156 valence electrons. The molecule has 0 saturated carbocycles. The van der Waals surface area contributed by atoms with Gasteiger partial charge in [0.05, 0.1) is 12.7 Å². The zero-order chi connectivity index (χ0) is 21.2. The Labute approximate surface area is 171 Å². The van der Waals surface area contributed by atoms with Crippen molar-refractivity contribution < 1.29 is 19.4 Å². The van der Waals surface area contributed by atoms with Crippen LogP contribution in [0.25, 0.3) is 10.8 Å². The van der Waals surface area contributed by atoms with Crippen molar-refractivity contribution in [2.45, 2.75) is 45.7 Å². The number of nitrogens with one attached hydrogen (secondary N) is 1. The molecule has 2 aromatic rings. The van der Waals surface area contributed by atoms with Crippen molar-refractivity contribution in [3.63, 3.8) is 0 Å². The molecule has 1 fully saturated rings. The topological polar surface area (TPSA) is 78.9 Å². The number of fused-ring (bicyclic) bond motifs is 1. The zero-order valence-electron chi connectivity index (χ0n) is 17.6. The average molecular weight is 399 g/mol. The van der Waals surface area contributed by atoms with Gasteiger partial charge in [-0.05, 0) is 36.3 Å². The summed E-state index contributed by atoms with van der Waals surface area (Å²) in [6, 6.07) is 10.3. The summed E-state index contributed by atoms with van der Waals surface area (Å²) < 4.78 is 4.97. The van der Waals surface area contributed by atoms with Gasteiger partial charge in [0.25, 0.3) is 5.91 Å². The van der Waals surface area contributed by atoms with E-state index in [1.807, 2.05) is 24.3 Å². The third-order valence-electron chi connectivity index (χ3n) is 5.51. The summed E-state index contributed by atoms with van der Waals surface area (Å²) >= 11 is 0. The minimum Gasteiger partial charge on any atom is -0.506 e. The molecule has 0 radical (unpaired) electrons. The SMILES string of the molecule is COC(=O)C1C[C@H](NC(=O)c2ccc3ccccc3c2O)CN1CCC(C)(C)C. The molecule has 0 aliphatic carbocycles. The predicted octanol–water partition coefficient (Wildman–Crippen LogP) is 3.33. The largest absolute Gasteiger partial charge is 0.506 e. The molecular formula is C23H30N2O4. The van der Waals surface area contributed by atoms with E-state index in [2.05, 4.69) is 31.0 Å². The van der Waals surface area contributed by atoms with Crippen LogP contribution in [0, 0.1) is 5.41 Å². The highest BCUT2D eigenvalue weighted by molar-refractivity contribution is 6.03. The molecule has 2 N–H and O–H groups in total. The second kappa shape index (κ2) is 8.41. The van der Waals surface area contributed by atoms with Crippen LogP contribution in [0.2, 0.25) is 0 Å². The number of aromatic hydroxyl groups is 1. The number of hydrogen-bond donors (Lipinski definition) is 2. The van der Waals surface area contributed by atoms with E-state index in [4.69, 9.17) is 4.74 Å². The Morgan fingerprint density at radius 2 is 1.93 bits per heavy atom. The van der Waals surface area contributed by atoms with Gasteiger partial charge in [-0.2, -0.15) is 0 Å². The second-order valence-electron chi connectivity index (χ2n) is 8.93. The van der Waals surface area contributed by atoms with E-state index >= 15 is 0 Å². The highest BCUT2D eigenvalue weighted by atomic mass is 16.5. The third kappa shape index (κ3) is 4.88. The van der Waals surface area contributed by atoms with Gasteiger partial charge >= 0.3 is 5.97 Å². The van der Waals surface area contributed by atoms with Gasteiger partial charge < -0.3 is 15.2 Å². The van der Waals surface area contributed by atoms with Gasteiger partial charge in [0.2, 0.25) is 0 Å². The summed E-state index contributed by atoms with van der Waals surface area (Å²) in [4.78, 5) is 27.1. The van der Waals surface area contributed by atoms with Crippen molar-refractivity contribution in [3.8, 4) is 5.75 Å². The number of methoxy groups -OCH3 is 1. The van der Waals surface area contributed by atoms with E-state index in [0.717, 1.165) is 18.4 Å². The highest BCUT2D eigenvalue weighted by Crippen LogP contribution is 2.29. The van der Waals surface area contributed by atoms with Gasteiger partial charge in [-0.15, -0.1) is 0 Å². The number of rotatable bonds is 5. The molecule has 0 aromatic heterocycles. The van der Waals surface area contributed by atoms with Crippen molar-refractivity contribution in [1.29, 1.82) is 0 Å². The summed E-state index contributed by atoms with van der Waals surface area (Å²) in [6.07, 6.45) is 1.43. The van der Waals surface area contributed by atoms with Gasteiger partial charge in [-0.25, -0.2) is 0 Å². The Morgan fingerprint density at radius 3 is 2.62 bits per heavy atom. The maximum atomic E-state index is 12.8. The number of likely N-dealkylation sites (tertiary alicyclic amines) is 1. The van der Waals surface area contributed by atoms with E-state index in [9.17, 15) is 14.7 Å². The van der Waals surface area contributed by atoms with Gasteiger partial charge in [-0.1, -0.05) is 51.1 Å². The minimum absolute atomic E-state index is 0.0206. The zero-order valence-corrected chi connectivity index (χ0v) is 17.6. The quantitative estimate of drug-likeness (QED) is 0.756. The fraction of sp³-hybridized carbons (Fsp3) is 0.478. The molecule has 1 unspecified atom stereocenters. The normalized spacial score (nSPS) is 20.0. The molecule has 1 aliphatic rings. The number of benzene rings is 2. The van der Waals surface area contributed by atoms with Gasteiger partial charge in [0.1, 0.15) is 11.8 Å². The van der Waals surface area contributed by atoms with Crippen molar-refractivity contribution in [2.24, 2.45) is 5.41 Å². The van der Waals surface area contributed by atoms with Crippen molar-refractivity contribution in [3.05, 3.63) is 42.0 Å². The molecule has 3 rings (SSSR count). The maximum Gasteiger partial charge on any atom is 0.323 e. The van der Waals surface area contributed by atoms with E-state index in [1.54, 1.807) is 12.1 Å². The van der Waals surface area contributed by atoms with Crippen LogP contribution in [0.4, 0.5) is 0 Å². The molecular weight excluding hydrogens is 368 g/mol. The maximum absolute atomic E-state index is 12.8. The number of amides is 1. The number of nitrogens with zero attached hydrogens (tertiary/aromatic N) is 1. The van der Waals surface area contributed by atoms with Crippen LogP contribution in [0.15, 0.2) is 36.4 Å². The first-order valence-corrected chi connectivity index (χ1v) is 10.0. The molecule has 0 spiro atoms. The lowest BCUT2D eigenvalue weighted by Crippen LogP contribution is -2.39. The second-order valence-corrected chi connectivity index (χ2v) is 8.93. The molecule has 1 saturated heterocycles. The fourth-order valence-corrected chi connectivity index (χ4v) is 3.82. The van der Waals surface area contributed by atoms with Crippen LogP contribution in [-0.2, 0) is 9.53 Å².